The van der Waals surface area contributed by atoms with Crippen molar-refractivity contribution in [1.82, 2.24) is 5.32 Å². The molecule has 4 N–H and O–H groups in total. The summed E-state index contributed by atoms with van der Waals surface area (Å²) in [5.41, 5.74) is 6.35. The van der Waals surface area contributed by atoms with E-state index in [1.807, 2.05) is 13.8 Å². The van der Waals surface area contributed by atoms with E-state index in [0.29, 0.717) is 12.0 Å². The van der Waals surface area contributed by atoms with Gasteiger partial charge >= 0.3 is 5.97 Å². The fraction of sp³-hybridized carbons (Fsp3) is 0.467. The van der Waals surface area contributed by atoms with Gasteiger partial charge in [0, 0.05) is 6.42 Å². The predicted octanol–water partition coefficient (Wildman–Crippen LogP) is 1.31. The van der Waals surface area contributed by atoms with Gasteiger partial charge in [-0.05, 0) is 30.0 Å². The van der Waals surface area contributed by atoms with Crippen LogP contribution >= 0.6 is 0 Å². The van der Waals surface area contributed by atoms with Crippen molar-refractivity contribution in [1.29, 1.82) is 0 Å². The van der Waals surface area contributed by atoms with E-state index in [1.165, 1.54) is 24.3 Å². The summed E-state index contributed by atoms with van der Waals surface area (Å²) in [5.74, 6) is -1.79. The van der Waals surface area contributed by atoms with Gasteiger partial charge in [0.2, 0.25) is 5.91 Å². The molecule has 0 aliphatic carbocycles. The molecule has 0 spiro atoms. The summed E-state index contributed by atoms with van der Waals surface area (Å²) >= 11 is 0. The number of hydrogen-bond donors (Lipinski definition) is 3. The zero-order chi connectivity index (χ0) is 16.0. The van der Waals surface area contributed by atoms with E-state index in [2.05, 4.69) is 5.32 Å². The standard InChI is InChI=1S/C15H21FN2O3/c1-9(2)7-12(17)14(19)18-13(15(20)21)8-10-3-5-11(16)6-4-10/h3-6,9,12-13H,7-8,17H2,1-2H3,(H,18,19)(H,20,21)/t12-,13-/m0/s1. The third kappa shape index (κ3) is 5.91. The molecule has 0 saturated heterocycles. The van der Waals surface area contributed by atoms with Crippen molar-refractivity contribution in [2.45, 2.75) is 38.8 Å². The Morgan fingerprint density at radius 2 is 1.86 bits per heavy atom. The van der Waals surface area contributed by atoms with Crippen LogP contribution < -0.4 is 11.1 Å². The van der Waals surface area contributed by atoms with E-state index in [1.54, 1.807) is 0 Å². The van der Waals surface area contributed by atoms with E-state index >= 15 is 0 Å². The van der Waals surface area contributed by atoms with Crippen molar-refractivity contribution in [3.05, 3.63) is 35.6 Å². The molecule has 21 heavy (non-hydrogen) atoms. The third-order valence-corrected chi connectivity index (χ3v) is 3.03. The van der Waals surface area contributed by atoms with Crippen molar-refractivity contribution < 1.29 is 19.1 Å². The molecular weight excluding hydrogens is 275 g/mol. The molecule has 0 saturated carbocycles. The van der Waals surface area contributed by atoms with Gasteiger partial charge in [0.1, 0.15) is 11.9 Å². The Balaban J connectivity index is 2.67. The van der Waals surface area contributed by atoms with Crippen LogP contribution in [0.2, 0.25) is 0 Å². The molecule has 0 radical (unpaired) electrons. The van der Waals surface area contributed by atoms with Gasteiger partial charge in [0.25, 0.3) is 0 Å². The van der Waals surface area contributed by atoms with Crippen molar-refractivity contribution in [2.75, 3.05) is 0 Å². The molecule has 0 fully saturated rings. The normalized spacial score (nSPS) is 13.8. The lowest BCUT2D eigenvalue weighted by atomic mass is 10.0. The highest BCUT2D eigenvalue weighted by molar-refractivity contribution is 5.86. The number of nitrogens with one attached hydrogen (secondary N) is 1. The minimum Gasteiger partial charge on any atom is -0.480 e. The predicted molar refractivity (Wildman–Crippen MR) is 77.1 cm³/mol. The van der Waals surface area contributed by atoms with Crippen molar-refractivity contribution >= 4 is 11.9 Å². The Morgan fingerprint density at radius 1 is 1.29 bits per heavy atom. The van der Waals surface area contributed by atoms with Gasteiger partial charge in [-0.1, -0.05) is 26.0 Å². The van der Waals surface area contributed by atoms with Crippen molar-refractivity contribution in [3.63, 3.8) is 0 Å². The number of halogens is 1. The number of aliphatic carboxylic acids is 1. The summed E-state index contributed by atoms with van der Waals surface area (Å²) in [4.78, 5) is 23.1. The van der Waals surface area contributed by atoms with Gasteiger partial charge in [-0.3, -0.25) is 4.79 Å². The molecule has 1 amide bonds. The number of carbonyl (C=O) groups excluding carboxylic acids is 1. The van der Waals surface area contributed by atoms with E-state index in [4.69, 9.17) is 5.73 Å². The summed E-state index contributed by atoms with van der Waals surface area (Å²) in [5, 5.41) is 11.6. The second-order valence-electron chi connectivity index (χ2n) is 5.47. The maximum Gasteiger partial charge on any atom is 0.326 e. The van der Waals surface area contributed by atoms with Crippen LogP contribution in [0.5, 0.6) is 0 Å². The van der Waals surface area contributed by atoms with Crippen LogP contribution in [-0.4, -0.2) is 29.1 Å². The van der Waals surface area contributed by atoms with Gasteiger partial charge in [0.15, 0.2) is 0 Å². The first-order valence-corrected chi connectivity index (χ1v) is 6.82. The van der Waals surface area contributed by atoms with Crippen molar-refractivity contribution in [3.8, 4) is 0 Å². The quantitative estimate of drug-likeness (QED) is 0.707. The highest BCUT2D eigenvalue weighted by Crippen LogP contribution is 2.07. The summed E-state index contributed by atoms with van der Waals surface area (Å²) in [6.45, 7) is 3.86. The molecule has 2 atom stereocenters. The molecule has 0 heterocycles. The molecule has 1 aromatic rings. The van der Waals surface area contributed by atoms with Crippen LogP contribution in [0.4, 0.5) is 4.39 Å². The van der Waals surface area contributed by atoms with Crippen LogP contribution in [0.3, 0.4) is 0 Å². The fourth-order valence-corrected chi connectivity index (χ4v) is 1.95. The first-order chi connectivity index (χ1) is 9.79. The number of carbonyl (C=O) groups is 2. The maximum atomic E-state index is 12.8. The Hall–Kier alpha value is -1.95. The minimum absolute atomic E-state index is 0.0791. The van der Waals surface area contributed by atoms with E-state index in [-0.39, 0.29) is 12.3 Å². The molecule has 0 bridgehead atoms. The SMILES string of the molecule is CC(C)C[C@H](N)C(=O)N[C@@H](Cc1ccc(F)cc1)C(=O)O. The Bertz CT molecular complexity index is 488. The number of amides is 1. The van der Waals surface area contributed by atoms with Gasteiger partial charge in [-0.25, -0.2) is 9.18 Å². The van der Waals surface area contributed by atoms with Crippen LogP contribution in [0.15, 0.2) is 24.3 Å². The monoisotopic (exact) mass is 296 g/mol. The lowest BCUT2D eigenvalue weighted by Gasteiger charge is -2.19. The molecule has 0 unspecified atom stereocenters. The largest absolute Gasteiger partial charge is 0.480 e. The molecule has 5 nitrogen and oxygen atoms in total. The molecule has 116 valence electrons. The lowest BCUT2D eigenvalue weighted by Crippen LogP contribution is -2.49. The molecule has 1 rings (SSSR count). The molecule has 6 heteroatoms. The van der Waals surface area contributed by atoms with E-state index in [0.717, 1.165) is 0 Å². The molecule has 0 aromatic heterocycles. The summed E-state index contributed by atoms with van der Waals surface area (Å²) in [6, 6.07) is 3.67. The van der Waals surface area contributed by atoms with Crippen LogP contribution in [0, 0.1) is 11.7 Å². The third-order valence-electron chi connectivity index (χ3n) is 3.03. The smallest absolute Gasteiger partial charge is 0.326 e. The zero-order valence-corrected chi connectivity index (χ0v) is 12.2. The Labute approximate surface area is 123 Å². The number of benzene rings is 1. The first-order valence-electron chi connectivity index (χ1n) is 6.82. The minimum atomic E-state index is -1.15. The van der Waals surface area contributed by atoms with Crippen LogP contribution in [-0.2, 0) is 16.0 Å². The van der Waals surface area contributed by atoms with E-state index in [9.17, 15) is 19.1 Å². The summed E-state index contributed by atoms with van der Waals surface area (Å²) < 4.78 is 12.8. The molecular formula is C15H21FN2O3. The zero-order valence-electron chi connectivity index (χ0n) is 12.2. The number of hydrogen-bond acceptors (Lipinski definition) is 3. The van der Waals surface area contributed by atoms with Gasteiger partial charge in [-0.15, -0.1) is 0 Å². The number of carboxylic acid groups (broad SMARTS) is 1. The van der Waals surface area contributed by atoms with Gasteiger partial charge in [-0.2, -0.15) is 0 Å². The summed E-state index contributed by atoms with van der Waals surface area (Å²) in [7, 11) is 0. The highest BCUT2D eigenvalue weighted by Gasteiger charge is 2.23. The highest BCUT2D eigenvalue weighted by atomic mass is 19.1. The first kappa shape index (κ1) is 17.1. The number of rotatable bonds is 7. The Morgan fingerprint density at radius 3 is 2.33 bits per heavy atom. The average Bonchev–Trinajstić information content (AvgIpc) is 2.39. The average molecular weight is 296 g/mol. The van der Waals surface area contributed by atoms with Gasteiger partial charge < -0.3 is 16.2 Å². The second-order valence-corrected chi connectivity index (χ2v) is 5.47. The number of carboxylic acids is 1. The molecule has 0 aliphatic rings. The Kier molecular flexibility index (Phi) is 6.30. The molecule has 1 aromatic carbocycles. The van der Waals surface area contributed by atoms with Gasteiger partial charge in [0.05, 0.1) is 6.04 Å². The topological polar surface area (TPSA) is 92.4 Å². The maximum absolute atomic E-state index is 12.8. The molecule has 0 aliphatic heterocycles. The van der Waals surface area contributed by atoms with Crippen molar-refractivity contribution in [2.24, 2.45) is 11.7 Å². The second kappa shape index (κ2) is 7.73. The van der Waals surface area contributed by atoms with Crippen LogP contribution in [0.1, 0.15) is 25.8 Å². The number of nitrogens with two attached hydrogens (primary N) is 1. The summed E-state index contributed by atoms with van der Waals surface area (Å²) in [6.07, 6.45) is 0.560. The van der Waals surface area contributed by atoms with E-state index < -0.39 is 29.8 Å². The fourth-order valence-electron chi connectivity index (χ4n) is 1.95. The van der Waals surface area contributed by atoms with Crippen LogP contribution in [0.25, 0.3) is 0 Å². The lowest BCUT2D eigenvalue weighted by molar-refractivity contribution is -0.142.